The van der Waals surface area contributed by atoms with Gasteiger partial charge in [-0.3, -0.25) is 9.91 Å². The first-order chi connectivity index (χ1) is 15.0. The minimum absolute atomic E-state index is 0.145. The molecule has 1 unspecified atom stereocenters. The molecule has 6 nitrogen and oxygen atoms in total. The monoisotopic (exact) mass is 438 g/mol. The number of hydrogen-bond acceptors (Lipinski definition) is 6. The topological polar surface area (TPSA) is 46.7 Å². The Kier molecular flexibility index (Phi) is 6.42. The lowest BCUT2D eigenvalue weighted by molar-refractivity contribution is 0.213. The molecular formula is C23H24ClFN6. The van der Waals surface area contributed by atoms with Gasteiger partial charge in [-0.05, 0) is 43.3 Å². The van der Waals surface area contributed by atoms with Crippen molar-refractivity contribution in [3.63, 3.8) is 0 Å². The van der Waals surface area contributed by atoms with E-state index in [0.29, 0.717) is 10.7 Å². The molecule has 1 aromatic carbocycles. The molecule has 2 aliphatic rings. The number of aromatic nitrogens is 1. The third-order valence-corrected chi connectivity index (χ3v) is 5.69. The predicted molar refractivity (Wildman–Crippen MR) is 123 cm³/mol. The highest BCUT2D eigenvalue weighted by molar-refractivity contribution is 6.30. The van der Waals surface area contributed by atoms with Crippen molar-refractivity contribution in [1.82, 2.24) is 20.8 Å². The van der Waals surface area contributed by atoms with E-state index in [2.05, 4.69) is 51.1 Å². The Bertz CT molecular complexity index is 1030. The van der Waals surface area contributed by atoms with Gasteiger partial charge in [0.1, 0.15) is 11.6 Å². The van der Waals surface area contributed by atoms with Crippen molar-refractivity contribution < 1.29 is 4.39 Å². The molecule has 4 rings (SSSR count). The number of nitrogens with zero attached hydrogens (tertiary/aromatic N) is 4. The molecule has 160 valence electrons. The van der Waals surface area contributed by atoms with E-state index in [9.17, 15) is 4.39 Å². The number of hydrazine groups is 2. The third kappa shape index (κ3) is 4.83. The highest BCUT2D eigenvalue weighted by Crippen LogP contribution is 2.25. The van der Waals surface area contributed by atoms with E-state index in [-0.39, 0.29) is 11.9 Å². The number of anilines is 2. The van der Waals surface area contributed by atoms with Gasteiger partial charge < -0.3 is 10.3 Å². The van der Waals surface area contributed by atoms with Gasteiger partial charge in [0.05, 0.1) is 11.4 Å². The second kappa shape index (κ2) is 9.40. The van der Waals surface area contributed by atoms with Crippen molar-refractivity contribution >= 4 is 23.1 Å². The van der Waals surface area contributed by atoms with Crippen LogP contribution in [0.3, 0.4) is 0 Å². The van der Waals surface area contributed by atoms with Crippen LogP contribution in [-0.4, -0.2) is 42.1 Å². The van der Waals surface area contributed by atoms with Crippen LogP contribution in [0.25, 0.3) is 0 Å². The van der Waals surface area contributed by atoms with Gasteiger partial charge in [-0.15, -0.1) is 5.53 Å². The summed E-state index contributed by atoms with van der Waals surface area (Å²) in [6, 6.07) is 8.63. The van der Waals surface area contributed by atoms with E-state index in [1.54, 1.807) is 23.3 Å². The average Bonchev–Trinajstić information content (AvgIpc) is 3.29. The predicted octanol–water partition coefficient (Wildman–Crippen LogP) is 3.29. The summed E-state index contributed by atoms with van der Waals surface area (Å²) < 4.78 is 14.2. The molecular weight excluding hydrogens is 415 g/mol. The van der Waals surface area contributed by atoms with Crippen LogP contribution >= 0.6 is 11.6 Å². The van der Waals surface area contributed by atoms with E-state index in [1.807, 2.05) is 18.3 Å². The van der Waals surface area contributed by atoms with Crippen molar-refractivity contribution in [2.45, 2.75) is 13.0 Å². The van der Waals surface area contributed by atoms with E-state index < -0.39 is 0 Å². The minimum Gasteiger partial charge on any atom is -0.354 e. The molecule has 2 aliphatic heterocycles. The van der Waals surface area contributed by atoms with Gasteiger partial charge in [-0.1, -0.05) is 30.0 Å². The number of hydrogen-bond donors (Lipinski definition) is 2. The first-order valence-corrected chi connectivity index (χ1v) is 10.5. The Morgan fingerprint density at radius 2 is 2.03 bits per heavy atom. The molecule has 1 atom stereocenters. The van der Waals surface area contributed by atoms with E-state index in [1.165, 1.54) is 12.1 Å². The van der Waals surface area contributed by atoms with Gasteiger partial charge in [0.25, 0.3) is 0 Å². The quantitative estimate of drug-likeness (QED) is 0.714. The number of halogens is 2. The fourth-order valence-corrected chi connectivity index (χ4v) is 3.82. The van der Waals surface area contributed by atoms with Gasteiger partial charge in [-0.25, -0.2) is 9.37 Å². The summed E-state index contributed by atoms with van der Waals surface area (Å²) in [5.74, 6) is 6.44. The standard InChI is InChI=1S/C23H24ClFN6/c1-3-4-5-18-6-9-23(26-15-18)30-12-10-29(11-13-30)17(2)21-16-31(28-27-21)22-14-19(24)7-8-20(22)25/h3,6-9,14-17,27-28H,1,10-13H2,2H3. The van der Waals surface area contributed by atoms with Crippen LogP contribution in [-0.2, 0) is 0 Å². The number of pyridine rings is 1. The first-order valence-electron chi connectivity index (χ1n) is 10.1. The van der Waals surface area contributed by atoms with Gasteiger partial charge in [-0.2, -0.15) is 0 Å². The molecule has 1 aromatic heterocycles. The number of rotatable bonds is 4. The maximum Gasteiger partial charge on any atom is 0.148 e. The Morgan fingerprint density at radius 3 is 2.74 bits per heavy atom. The lowest BCUT2D eigenvalue weighted by atomic mass is 10.1. The number of nitrogens with one attached hydrogen (secondary N) is 2. The molecule has 0 bridgehead atoms. The van der Waals surface area contributed by atoms with Crippen molar-refractivity contribution in [2.24, 2.45) is 0 Å². The molecule has 0 radical (unpaired) electrons. The zero-order valence-electron chi connectivity index (χ0n) is 17.3. The third-order valence-electron chi connectivity index (χ3n) is 5.46. The van der Waals surface area contributed by atoms with Crippen LogP contribution in [0.2, 0.25) is 5.02 Å². The zero-order valence-corrected chi connectivity index (χ0v) is 18.0. The Morgan fingerprint density at radius 1 is 1.23 bits per heavy atom. The number of allylic oxidation sites excluding steroid dienone is 1. The van der Waals surface area contributed by atoms with E-state index in [0.717, 1.165) is 43.3 Å². The lowest BCUT2D eigenvalue weighted by Crippen LogP contribution is -2.51. The van der Waals surface area contributed by atoms with Crippen molar-refractivity contribution in [2.75, 3.05) is 36.1 Å². The SMILES string of the molecule is C=CC#Cc1ccc(N2CCN(C(C)C3=CN(c4cc(Cl)ccc4F)NN3)CC2)nc1. The second-order valence-electron chi connectivity index (χ2n) is 7.36. The summed E-state index contributed by atoms with van der Waals surface area (Å²) in [4.78, 5) is 9.21. The summed E-state index contributed by atoms with van der Waals surface area (Å²) in [6.45, 7) is 9.28. The van der Waals surface area contributed by atoms with E-state index >= 15 is 0 Å². The van der Waals surface area contributed by atoms with Gasteiger partial charge in [0.2, 0.25) is 0 Å². The second-order valence-corrected chi connectivity index (χ2v) is 7.80. The minimum atomic E-state index is -0.341. The fraction of sp³-hybridized carbons (Fsp3) is 0.261. The van der Waals surface area contributed by atoms with Gasteiger partial charge in [0.15, 0.2) is 0 Å². The van der Waals surface area contributed by atoms with Crippen molar-refractivity contribution in [3.8, 4) is 11.8 Å². The highest BCUT2D eigenvalue weighted by Gasteiger charge is 2.27. The first kappa shape index (κ1) is 21.2. The molecule has 0 saturated carbocycles. The Hall–Kier alpha value is -3.05. The summed E-state index contributed by atoms with van der Waals surface area (Å²) in [5, 5.41) is 2.10. The normalized spacial score (nSPS) is 17.5. The Labute approximate surface area is 186 Å². The molecule has 0 aliphatic carbocycles. The molecule has 0 spiro atoms. The van der Waals surface area contributed by atoms with Gasteiger partial charge >= 0.3 is 0 Å². The summed E-state index contributed by atoms with van der Waals surface area (Å²) in [7, 11) is 0. The molecule has 8 heteroatoms. The highest BCUT2D eigenvalue weighted by atomic mass is 35.5. The largest absolute Gasteiger partial charge is 0.354 e. The molecule has 2 aromatic rings. The zero-order chi connectivity index (χ0) is 21.8. The molecule has 1 fully saturated rings. The number of piperazine rings is 1. The maximum atomic E-state index is 14.2. The van der Waals surface area contributed by atoms with Crippen LogP contribution in [0.15, 0.2) is 61.1 Å². The van der Waals surface area contributed by atoms with Crippen LogP contribution in [0.1, 0.15) is 12.5 Å². The van der Waals surface area contributed by atoms with Crippen LogP contribution in [0.4, 0.5) is 15.9 Å². The number of benzene rings is 1. The van der Waals surface area contributed by atoms with Crippen molar-refractivity contribution in [3.05, 3.63) is 77.5 Å². The van der Waals surface area contributed by atoms with Crippen LogP contribution < -0.4 is 20.9 Å². The van der Waals surface area contributed by atoms with Gasteiger partial charge in [0, 0.05) is 55.2 Å². The lowest BCUT2D eigenvalue weighted by Gasteiger charge is -2.38. The smallest absolute Gasteiger partial charge is 0.148 e. The molecule has 0 amide bonds. The summed E-state index contributed by atoms with van der Waals surface area (Å²) in [6.07, 6.45) is 5.24. The molecule has 3 heterocycles. The fourth-order valence-electron chi connectivity index (χ4n) is 3.66. The maximum absolute atomic E-state index is 14.2. The molecule has 31 heavy (non-hydrogen) atoms. The van der Waals surface area contributed by atoms with Crippen LogP contribution in [0, 0.1) is 17.7 Å². The average molecular weight is 439 g/mol. The summed E-state index contributed by atoms with van der Waals surface area (Å²) in [5.41, 5.74) is 8.37. The van der Waals surface area contributed by atoms with Crippen LogP contribution in [0.5, 0.6) is 0 Å². The van der Waals surface area contributed by atoms with E-state index in [4.69, 9.17) is 11.6 Å². The molecule has 1 saturated heterocycles. The Balaban J connectivity index is 1.36. The van der Waals surface area contributed by atoms with Crippen molar-refractivity contribution in [1.29, 1.82) is 0 Å². The summed E-state index contributed by atoms with van der Waals surface area (Å²) >= 11 is 6.02. The molecule has 2 N–H and O–H groups in total.